The number of oxime groups is 1. The maximum absolute atomic E-state index is 13.4. The molecule has 1 aromatic rings. The Kier molecular flexibility index (Phi) is 4.07. The summed E-state index contributed by atoms with van der Waals surface area (Å²) in [6.45, 7) is 1.90. The molecule has 1 rings (SSSR count). The summed E-state index contributed by atoms with van der Waals surface area (Å²) in [6, 6.07) is 4.87. The van der Waals surface area contributed by atoms with Crippen molar-refractivity contribution in [3.05, 3.63) is 34.1 Å². The number of hydrogen-bond donors (Lipinski definition) is 0. The van der Waals surface area contributed by atoms with E-state index in [2.05, 4.69) is 25.9 Å². The van der Waals surface area contributed by atoms with Crippen LogP contribution in [-0.4, -0.2) is 12.8 Å². The molecule has 0 aliphatic rings. The zero-order valence-corrected chi connectivity index (χ0v) is 9.64. The summed E-state index contributed by atoms with van der Waals surface area (Å²) >= 11 is 3.20. The van der Waals surface area contributed by atoms with Gasteiger partial charge < -0.3 is 4.84 Å². The Hall–Kier alpha value is -0.900. The van der Waals surface area contributed by atoms with Gasteiger partial charge in [0.2, 0.25) is 0 Å². The summed E-state index contributed by atoms with van der Waals surface area (Å²) in [5, 5.41) is 3.76. The summed E-state index contributed by atoms with van der Waals surface area (Å²) in [4.78, 5) is 4.64. The Morgan fingerprint density at radius 1 is 1.57 bits per heavy atom. The second-order valence-electron chi connectivity index (χ2n) is 2.70. The zero-order valence-electron chi connectivity index (χ0n) is 8.05. The molecule has 0 atom stereocenters. The third-order valence-electron chi connectivity index (χ3n) is 1.78. The molecule has 0 fully saturated rings. The molecule has 0 radical (unpaired) electrons. The molecule has 0 saturated carbocycles. The van der Waals surface area contributed by atoms with Crippen molar-refractivity contribution in [1.82, 2.24) is 0 Å². The van der Waals surface area contributed by atoms with Crippen LogP contribution in [0.3, 0.4) is 0 Å². The predicted octanol–water partition coefficient (Wildman–Crippen LogP) is 3.35. The molecule has 0 bridgehead atoms. The van der Waals surface area contributed by atoms with Gasteiger partial charge in [-0.15, -0.1) is 0 Å². The van der Waals surface area contributed by atoms with E-state index in [0.29, 0.717) is 22.2 Å². The smallest absolute Gasteiger partial charge is 0.133 e. The standard InChI is InChI=1S/C10H11BrFNO/c1-3-10(13-14-2)8-5-4-7(11)6-9(8)12/h4-6H,3H2,1-2H3. The van der Waals surface area contributed by atoms with Gasteiger partial charge in [0.15, 0.2) is 0 Å². The molecule has 0 amide bonds. The number of nitrogens with zero attached hydrogens (tertiary/aromatic N) is 1. The Morgan fingerprint density at radius 2 is 2.29 bits per heavy atom. The van der Waals surface area contributed by atoms with Crippen LogP contribution in [0.4, 0.5) is 4.39 Å². The number of rotatable bonds is 3. The Bertz CT molecular complexity index is 352. The highest BCUT2D eigenvalue weighted by molar-refractivity contribution is 9.10. The topological polar surface area (TPSA) is 21.6 Å². The van der Waals surface area contributed by atoms with E-state index in [4.69, 9.17) is 0 Å². The number of halogens is 2. The molecule has 0 N–H and O–H groups in total. The van der Waals surface area contributed by atoms with Crippen LogP contribution >= 0.6 is 15.9 Å². The van der Waals surface area contributed by atoms with E-state index in [-0.39, 0.29) is 5.82 Å². The minimum Gasteiger partial charge on any atom is -0.399 e. The quantitative estimate of drug-likeness (QED) is 0.603. The highest BCUT2D eigenvalue weighted by Gasteiger charge is 2.08. The van der Waals surface area contributed by atoms with Gasteiger partial charge in [-0.2, -0.15) is 0 Å². The molecule has 0 unspecified atom stereocenters. The van der Waals surface area contributed by atoms with Crippen LogP contribution in [0, 0.1) is 5.82 Å². The van der Waals surface area contributed by atoms with Crippen LogP contribution in [0.25, 0.3) is 0 Å². The first-order chi connectivity index (χ1) is 6.69. The van der Waals surface area contributed by atoms with Gasteiger partial charge in [-0.05, 0) is 24.6 Å². The lowest BCUT2D eigenvalue weighted by Gasteiger charge is -2.04. The van der Waals surface area contributed by atoms with Crippen LogP contribution in [0.1, 0.15) is 18.9 Å². The fraction of sp³-hybridized carbons (Fsp3) is 0.300. The summed E-state index contributed by atoms with van der Waals surface area (Å²) in [5.41, 5.74) is 1.09. The van der Waals surface area contributed by atoms with E-state index < -0.39 is 0 Å². The summed E-state index contributed by atoms with van der Waals surface area (Å²) in [7, 11) is 1.45. The SMILES string of the molecule is CCC(=NOC)c1ccc(Br)cc1F. The van der Waals surface area contributed by atoms with Crippen molar-refractivity contribution in [3.63, 3.8) is 0 Å². The molecule has 14 heavy (non-hydrogen) atoms. The average Bonchev–Trinajstić information content (AvgIpc) is 2.15. The first kappa shape index (κ1) is 11.2. The summed E-state index contributed by atoms with van der Waals surface area (Å²) in [5.74, 6) is -0.294. The maximum Gasteiger partial charge on any atom is 0.133 e. The van der Waals surface area contributed by atoms with Crippen molar-refractivity contribution < 1.29 is 9.23 Å². The van der Waals surface area contributed by atoms with E-state index >= 15 is 0 Å². The molecule has 1 aromatic carbocycles. The van der Waals surface area contributed by atoms with E-state index in [9.17, 15) is 4.39 Å². The lowest BCUT2D eigenvalue weighted by molar-refractivity contribution is 0.213. The van der Waals surface area contributed by atoms with Crippen LogP contribution in [0.15, 0.2) is 27.8 Å². The minimum atomic E-state index is -0.294. The van der Waals surface area contributed by atoms with Gasteiger partial charge in [0.25, 0.3) is 0 Å². The van der Waals surface area contributed by atoms with Gasteiger partial charge in [0.1, 0.15) is 12.9 Å². The van der Waals surface area contributed by atoms with Crippen LogP contribution in [-0.2, 0) is 4.84 Å². The van der Waals surface area contributed by atoms with Crippen molar-refractivity contribution in [1.29, 1.82) is 0 Å². The summed E-state index contributed by atoms with van der Waals surface area (Å²) < 4.78 is 14.2. The second kappa shape index (κ2) is 5.10. The molecule has 2 nitrogen and oxygen atoms in total. The Morgan fingerprint density at radius 3 is 2.79 bits per heavy atom. The molecule has 0 heterocycles. The van der Waals surface area contributed by atoms with Gasteiger partial charge >= 0.3 is 0 Å². The van der Waals surface area contributed by atoms with Crippen molar-refractivity contribution in [2.75, 3.05) is 7.11 Å². The van der Waals surface area contributed by atoms with E-state index in [0.717, 1.165) is 0 Å². The summed E-state index contributed by atoms with van der Waals surface area (Å²) in [6.07, 6.45) is 0.631. The van der Waals surface area contributed by atoms with Gasteiger partial charge in [-0.25, -0.2) is 4.39 Å². The number of benzene rings is 1. The fourth-order valence-electron chi connectivity index (χ4n) is 1.14. The highest BCUT2D eigenvalue weighted by atomic mass is 79.9. The van der Waals surface area contributed by atoms with Crippen LogP contribution in [0.2, 0.25) is 0 Å². The normalized spacial score (nSPS) is 11.6. The second-order valence-corrected chi connectivity index (χ2v) is 3.61. The molecule has 0 spiro atoms. The first-order valence-electron chi connectivity index (χ1n) is 4.24. The van der Waals surface area contributed by atoms with E-state index in [1.54, 1.807) is 12.1 Å². The third kappa shape index (κ3) is 2.54. The predicted molar refractivity (Wildman–Crippen MR) is 57.9 cm³/mol. The first-order valence-corrected chi connectivity index (χ1v) is 5.03. The lowest BCUT2D eigenvalue weighted by atomic mass is 10.1. The molecule has 0 aromatic heterocycles. The van der Waals surface area contributed by atoms with Gasteiger partial charge in [-0.1, -0.05) is 28.0 Å². The Labute approximate surface area is 90.9 Å². The zero-order chi connectivity index (χ0) is 10.6. The van der Waals surface area contributed by atoms with E-state index in [1.165, 1.54) is 13.2 Å². The lowest BCUT2D eigenvalue weighted by Crippen LogP contribution is -2.02. The fourth-order valence-corrected chi connectivity index (χ4v) is 1.47. The van der Waals surface area contributed by atoms with Crippen molar-refractivity contribution in [3.8, 4) is 0 Å². The molecule has 76 valence electrons. The number of hydrogen-bond acceptors (Lipinski definition) is 2. The van der Waals surface area contributed by atoms with Crippen molar-refractivity contribution in [2.24, 2.45) is 5.16 Å². The van der Waals surface area contributed by atoms with Crippen LogP contribution < -0.4 is 0 Å². The van der Waals surface area contributed by atoms with Gasteiger partial charge in [0.05, 0.1) is 5.71 Å². The molecular formula is C10H11BrFNO. The maximum atomic E-state index is 13.4. The molecule has 0 aliphatic heterocycles. The minimum absolute atomic E-state index is 0.294. The molecule has 4 heteroatoms. The van der Waals surface area contributed by atoms with E-state index in [1.807, 2.05) is 6.92 Å². The van der Waals surface area contributed by atoms with Crippen molar-refractivity contribution in [2.45, 2.75) is 13.3 Å². The van der Waals surface area contributed by atoms with Crippen LogP contribution in [0.5, 0.6) is 0 Å². The largest absolute Gasteiger partial charge is 0.399 e. The molecule has 0 aliphatic carbocycles. The molecule has 0 saturated heterocycles. The average molecular weight is 260 g/mol. The monoisotopic (exact) mass is 259 g/mol. The van der Waals surface area contributed by atoms with Crippen molar-refractivity contribution >= 4 is 21.6 Å². The third-order valence-corrected chi connectivity index (χ3v) is 2.27. The molecular weight excluding hydrogens is 249 g/mol. The highest BCUT2D eigenvalue weighted by Crippen LogP contribution is 2.17. The van der Waals surface area contributed by atoms with Gasteiger partial charge in [-0.3, -0.25) is 0 Å². The Balaban J connectivity index is 3.11. The van der Waals surface area contributed by atoms with Gasteiger partial charge in [0, 0.05) is 10.0 Å².